The zero-order valence-corrected chi connectivity index (χ0v) is 13.9. The summed E-state index contributed by atoms with van der Waals surface area (Å²) < 4.78 is 11.1. The van der Waals surface area contributed by atoms with Crippen LogP contribution in [0, 0.1) is 6.92 Å². The molecule has 0 amide bonds. The predicted octanol–water partition coefficient (Wildman–Crippen LogP) is 4.14. The second-order valence-corrected chi connectivity index (χ2v) is 6.64. The highest BCUT2D eigenvalue weighted by molar-refractivity contribution is 7.12. The van der Waals surface area contributed by atoms with E-state index in [1.807, 2.05) is 35.6 Å². The Morgan fingerprint density at radius 2 is 1.95 bits per heavy atom. The van der Waals surface area contributed by atoms with Crippen LogP contribution in [0.25, 0.3) is 0 Å². The number of hydrogen-bond acceptors (Lipinski definition) is 4. The Kier molecular flexibility index (Phi) is 5.65. The lowest BCUT2D eigenvalue weighted by Crippen LogP contribution is -2.21. The number of benzene rings is 1. The van der Waals surface area contributed by atoms with Crippen molar-refractivity contribution in [2.45, 2.75) is 40.0 Å². The van der Waals surface area contributed by atoms with Crippen molar-refractivity contribution in [2.75, 3.05) is 7.11 Å². The summed E-state index contributed by atoms with van der Waals surface area (Å²) in [5.41, 5.74) is 1.25. The topological polar surface area (TPSA) is 30.5 Å². The third-order valence-electron chi connectivity index (χ3n) is 3.19. The van der Waals surface area contributed by atoms with Gasteiger partial charge >= 0.3 is 0 Å². The van der Waals surface area contributed by atoms with Gasteiger partial charge in [-0.2, -0.15) is 0 Å². The average molecular weight is 305 g/mol. The highest BCUT2D eigenvalue weighted by Crippen LogP contribution is 2.25. The van der Waals surface area contributed by atoms with Crippen LogP contribution in [0.5, 0.6) is 11.5 Å². The van der Waals surface area contributed by atoms with E-state index in [2.05, 4.69) is 32.2 Å². The lowest BCUT2D eigenvalue weighted by Gasteiger charge is -2.07. The van der Waals surface area contributed by atoms with Crippen molar-refractivity contribution in [1.29, 1.82) is 0 Å². The van der Waals surface area contributed by atoms with Gasteiger partial charge in [0.25, 0.3) is 0 Å². The van der Waals surface area contributed by atoms with Gasteiger partial charge in [-0.15, -0.1) is 11.3 Å². The summed E-state index contributed by atoms with van der Waals surface area (Å²) in [4.78, 5) is 2.67. The van der Waals surface area contributed by atoms with Crippen LogP contribution in [-0.2, 0) is 13.2 Å². The summed E-state index contributed by atoms with van der Waals surface area (Å²) in [5.74, 6) is 1.65. The summed E-state index contributed by atoms with van der Waals surface area (Å²) in [5, 5.41) is 3.44. The zero-order chi connectivity index (χ0) is 15.2. The fourth-order valence-corrected chi connectivity index (χ4v) is 2.97. The van der Waals surface area contributed by atoms with Gasteiger partial charge in [0.05, 0.1) is 7.11 Å². The molecule has 21 heavy (non-hydrogen) atoms. The molecule has 0 fully saturated rings. The standard InChI is InChI=1S/C17H23NO2S/c1-12(2)18-10-17-8-14(13(3)21-17)11-20-16-7-5-6-15(9-16)19-4/h5-9,12,18H,10-11H2,1-4H3. The van der Waals surface area contributed by atoms with Crippen molar-refractivity contribution in [2.24, 2.45) is 0 Å². The molecule has 4 heteroatoms. The molecule has 0 aliphatic rings. The van der Waals surface area contributed by atoms with E-state index in [1.165, 1.54) is 15.3 Å². The molecule has 0 aliphatic heterocycles. The molecule has 1 heterocycles. The Morgan fingerprint density at radius 1 is 1.19 bits per heavy atom. The van der Waals surface area contributed by atoms with Gasteiger partial charge in [0.15, 0.2) is 0 Å². The number of rotatable bonds is 7. The van der Waals surface area contributed by atoms with Crippen LogP contribution in [0.1, 0.15) is 29.2 Å². The van der Waals surface area contributed by atoms with E-state index < -0.39 is 0 Å². The summed E-state index contributed by atoms with van der Waals surface area (Å²) in [6, 6.07) is 10.4. The summed E-state index contributed by atoms with van der Waals surface area (Å²) in [6.07, 6.45) is 0. The molecule has 0 unspecified atom stereocenters. The molecule has 0 spiro atoms. The molecule has 0 aliphatic carbocycles. The van der Waals surface area contributed by atoms with E-state index >= 15 is 0 Å². The quantitative estimate of drug-likeness (QED) is 0.834. The lowest BCUT2D eigenvalue weighted by molar-refractivity contribution is 0.303. The summed E-state index contributed by atoms with van der Waals surface area (Å²) in [7, 11) is 1.66. The fraction of sp³-hybridized carbons (Fsp3) is 0.412. The molecular formula is C17H23NO2S. The number of nitrogens with one attached hydrogen (secondary N) is 1. The third-order valence-corrected chi connectivity index (χ3v) is 4.28. The van der Waals surface area contributed by atoms with Gasteiger partial charge in [-0.05, 0) is 25.1 Å². The second kappa shape index (κ2) is 7.48. The maximum atomic E-state index is 5.86. The largest absolute Gasteiger partial charge is 0.497 e. The molecule has 1 aromatic carbocycles. The van der Waals surface area contributed by atoms with Crippen LogP contribution in [0.3, 0.4) is 0 Å². The summed E-state index contributed by atoms with van der Waals surface area (Å²) in [6.45, 7) is 7.98. The average Bonchev–Trinajstić information content (AvgIpc) is 2.83. The Hall–Kier alpha value is -1.52. The van der Waals surface area contributed by atoms with Crippen LogP contribution in [0.15, 0.2) is 30.3 Å². The van der Waals surface area contributed by atoms with Crippen molar-refractivity contribution in [3.05, 3.63) is 45.6 Å². The van der Waals surface area contributed by atoms with Crippen LogP contribution >= 0.6 is 11.3 Å². The molecule has 114 valence electrons. The van der Waals surface area contributed by atoms with Gasteiger partial charge in [0.2, 0.25) is 0 Å². The first-order chi connectivity index (χ1) is 10.1. The van der Waals surface area contributed by atoms with Crippen LogP contribution in [0.4, 0.5) is 0 Å². The SMILES string of the molecule is COc1cccc(OCc2cc(CNC(C)C)sc2C)c1. The summed E-state index contributed by atoms with van der Waals surface area (Å²) >= 11 is 1.83. The van der Waals surface area contributed by atoms with Crippen LogP contribution < -0.4 is 14.8 Å². The molecule has 0 saturated heterocycles. The van der Waals surface area contributed by atoms with Crippen molar-refractivity contribution < 1.29 is 9.47 Å². The number of thiophene rings is 1. The van der Waals surface area contributed by atoms with E-state index in [4.69, 9.17) is 9.47 Å². The van der Waals surface area contributed by atoms with Gasteiger partial charge in [-0.25, -0.2) is 0 Å². The number of hydrogen-bond donors (Lipinski definition) is 1. The first-order valence-electron chi connectivity index (χ1n) is 7.17. The molecule has 0 bridgehead atoms. The highest BCUT2D eigenvalue weighted by atomic mass is 32.1. The Bertz CT molecular complexity index is 578. The normalized spacial score (nSPS) is 10.9. The molecule has 1 aromatic heterocycles. The van der Waals surface area contributed by atoms with Crippen LogP contribution in [-0.4, -0.2) is 13.2 Å². The number of methoxy groups -OCH3 is 1. The molecule has 0 saturated carbocycles. The van der Waals surface area contributed by atoms with E-state index in [0.717, 1.165) is 18.0 Å². The molecule has 2 aromatic rings. The predicted molar refractivity (Wildman–Crippen MR) is 88.4 cm³/mol. The third kappa shape index (κ3) is 4.76. The van der Waals surface area contributed by atoms with Crippen molar-refractivity contribution in [1.82, 2.24) is 5.32 Å². The fourth-order valence-electron chi connectivity index (χ4n) is 1.97. The van der Waals surface area contributed by atoms with Gasteiger partial charge in [-0.3, -0.25) is 0 Å². The van der Waals surface area contributed by atoms with E-state index in [0.29, 0.717) is 12.6 Å². The Labute approximate surface area is 130 Å². The second-order valence-electron chi connectivity index (χ2n) is 5.30. The van der Waals surface area contributed by atoms with Crippen LogP contribution in [0.2, 0.25) is 0 Å². The minimum atomic E-state index is 0.504. The Balaban J connectivity index is 1.96. The zero-order valence-electron chi connectivity index (χ0n) is 13.1. The van der Waals surface area contributed by atoms with E-state index in [-0.39, 0.29) is 0 Å². The molecule has 0 radical (unpaired) electrons. The maximum absolute atomic E-state index is 5.86. The smallest absolute Gasteiger partial charge is 0.123 e. The van der Waals surface area contributed by atoms with Crippen molar-refractivity contribution >= 4 is 11.3 Å². The molecule has 3 nitrogen and oxygen atoms in total. The van der Waals surface area contributed by atoms with Gasteiger partial charge in [-0.1, -0.05) is 19.9 Å². The molecule has 2 rings (SSSR count). The van der Waals surface area contributed by atoms with Crippen molar-refractivity contribution in [3.63, 3.8) is 0 Å². The minimum Gasteiger partial charge on any atom is -0.497 e. The Morgan fingerprint density at radius 3 is 2.67 bits per heavy atom. The number of ether oxygens (including phenoxy) is 2. The number of aryl methyl sites for hydroxylation is 1. The monoisotopic (exact) mass is 305 g/mol. The molecular weight excluding hydrogens is 282 g/mol. The first kappa shape index (κ1) is 15.9. The van der Waals surface area contributed by atoms with Gasteiger partial charge in [0, 0.05) is 34.0 Å². The van der Waals surface area contributed by atoms with E-state index in [1.54, 1.807) is 7.11 Å². The maximum Gasteiger partial charge on any atom is 0.123 e. The van der Waals surface area contributed by atoms with Gasteiger partial charge < -0.3 is 14.8 Å². The van der Waals surface area contributed by atoms with Gasteiger partial charge in [0.1, 0.15) is 18.1 Å². The molecule has 0 atom stereocenters. The highest BCUT2D eigenvalue weighted by Gasteiger charge is 2.07. The van der Waals surface area contributed by atoms with Crippen molar-refractivity contribution in [3.8, 4) is 11.5 Å². The lowest BCUT2D eigenvalue weighted by atomic mass is 10.2. The first-order valence-corrected chi connectivity index (χ1v) is 7.98. The molecule has 1 N–H and O–H groups in total. The minimum absolute atomic E-state index is 0.504. The van der Waals surface area contributed by atoms with E-state index in [9.17, 15) is 0 Å².